The van der Waals surface area contributed by atoms with E-state index in [9.17, 15) is 9.50 Å². The molecule has 0 amide bonds. The van der Waals surface area contributed by atoms with Crippen molar-refractivity contribution in [2.45, 2.75) is 20.0 Å². The molecular weight excluding hydrogens is 371 g/mol. The Balaban J connectivity index is 1.31. The van der Waals surface area contributed by atoms with Gasteiger partial charge in [0.25, 0.3) is 0 Å². The molecule has 2 aromatic carbocycles. The highest BCUT2D eigenvalue weighted by molar-refractivity contribution is 5.47. The zero-order valence-electron chi connectivity index (χ0n) is 17.4. The van der Waals surface area contributed by atoms with Crippen molar-refractivity contribution in [2.24, 2.45) is 0 Å². The Labute approximate surface area is 172 Å². The number of piperazine rings is 1. The molecule has 0 aromatic heterocycles. The molecule has 0 unspecified atom stereocenters. The fraction of sp³-hybridized carbons (Fsp3) is 0.478. The zero-order chi connectivity index (χ0) is 20.6. The molecular formula is C23H32FN2O3+. The molecule has 6 heteroatoms. The highest BCUT2D eigenvalue weighted by Crippen LogP contribution is 2.22. The number of quaternary nitrogens is 1. The number of aliphatic hydroxyl groups is 1. The summed E-state index contributed by atoms with van der Waals surface area (Å²) >= 11 is 0. The van der Waals surface area contributed by atoms with Crippen LogP contribution in [0.4, 0.5) is 10.1 Å². The van der Waals surface area contributed by atoms with Crippen molar-refractivity contribution in [3.63, 3.8) is 0 Å². The lowest BCUT2D eigenvalue weighted by Gasteiger charge is -2.34. The maximum absolute atomic E-state index is 13.9. The first-order valence-corrected chi connectivity index (χ1v) is 10.3. The van der Waals surface area contributed by atoms with Gasteiger partial charge in [0.1, 0.15) is 30.8 Å². The molecule has 1 saturated heterocycles. The largest absolute Gasteiger partial charge is 0.491 e. The van der Waals surface area contributed by atoms with Gasteiger partial charge in [-0.2, -0.15) is 0 Å². The van der Waals surface area contributed by atoms with Crippen LogP contribution in [0.1, 0.15) is 11.1 Å². The van der Waals surface area contributed by atoms with Gasteiger partial charge < -0.3 is 24.4 Å². The summed E-state index contributed by atoms with van der Waals surface area (Å²) in [7, 11) is 0. The van der Waals surface area contributed by atoms with Crippen LogP contribution in [0.5, 0.6) is 5.75 Å². The zero-order valence-corrected chi connectivity index (χ0v) is 17.4. The minimum atomic E-state index is -0.509. The summed E-state index contributed by atoms with van der Waals surface area (Å²) in [5, 5.41) is 10.3. The topological polar surface area (TPSA) is 46.4 Å². The second-order valence-electron chi connectivity index (χ2n) is 7.69. The van der Waals surface area contributed by atoms with Gasteiger partial charge in [-0.25, -0.2) is 4.39 Å². The van der Waals surface area contributed by atoms with Crippen LogP contribution in [0.2, 0.25) is 0 Å². The Morgan fingerprint density at radius 2 is 1.72 bits per heavy atom. The number of halogens is 1. The van der Waals surface area contributed by atoms with E-state index >= 15 is 0 Å². The summed E-state index contributed by atoms with van der Waals surface area (Å²) in [6.07, 6.45) is -0.509. The van der Waals surface area contributed by atoms with Crippen LogP contribution in [0, 0.1) is 19.7 Å². The molecule has 1 aliphatic rings. The predicted molar refractivity (Wildman–Crippen MR) is 112 cm³/mol. The number of hydrogen-bond acceptors (Lipinski definition) is 4. The van der Waals surface area contributed by atoms with Gasteiger partial charge in [-0.1, -0.05) is 30.3 Å². The second kappa shape index (κ2) is 10.6. The van der Waals surface area contributed by atoms with Crippen LogP contribution < -0.4 is 14.5 Å². The van der Waals surface area contributed by atoms with Crippen molar-refractivity contribution in [2.75, 3.05) is 57.4 Å². The second-order valence-corrected chi connectivity index (χ2v) is 7.69. The molecule has 29 heavy (non-hydrogen) atoms. The number of hydrogen-bond donors (Lipinski definition) is 2. The molecule has 2 aromatic rings. The number of ether oxygens (including phenoxy) is 2. The van der Waals surface area contributed by atoms with E-state index in [-0.39, 0.29) is 5.82 Å². The van der Waals surface area contributed by atoms with Crippen molar-refractivity contribution in [1.29, 1.82) is 0 Å². The number of anilines is 1. The molecule has 1 atom stereocenters. The average molecular weight is 404 g/mol. The van der Waals surface area contributed by atoms with E-state index in [1.807, 2.05) is 44.2 Å². The predicted octanol–water partition coefficient (Wildman–Crippen LogP) is 1.60. The fourth-order valence-corrected chi connectivity index (χ4v) is 3.82. The Kier molecular flexibility index (Phi) is 7.86. The first kappa shape index (κ1) is 21.6. The molecule has 3 rings (SSSR count). The maximum atomic E-state index is 13.9. The molecule has 1 fully saturated rings. The highest BCUT2D eigenvalue weighted by atomic mass is 19.1. The number of aliphatic hydroxyl groups excluding tert-OH is 1. The quantitative estimate of drug-likeness (QED) is 0.625. The first-order valence-electron chi connectivity index (χ1n) is 10.3. The van der Waals surface area contributed by atoms with E-state index in [4.69, 9.17) is 9.47 Å². The molecule has 0 saturated carbocycles. The minimum absolute atomic E-state index is 0.174. The summed E-state index contributed by atoms with van der Waals surface area (Å²) in [5.41, 5.74) is 2.89. The third-order valence-corrected chi connectivity index (χ3v) is 5.38. The van der Waals surface area contributed by atoms with Crippen LogP contribution in [0.15, 0.2) is 42.5 Å². The molecule has 0 radical (unpaired) electrons. The number of nitrogens with zero attached hydrogens (tertiary/aromatic N) is 1. The van der Waals surface area contributed by atoms with E-state index in [1.54, 1.807) is 6.07 Å². The molecule has 1 heterocycles. The molecule has 158 valence electrons. The van der Waals surface area contributed by atoms with Crippen molar-refractivity contribution >= 4 is 5.69 Å². The Morgan fingerprint density at radius 1 is 1.03 bits per heavy atom. The molecule has 0 spiro atoms. The molecule has 5 nitrogen and oxygen atoms in total. The van der Waals surface area contributed by atoms with E-state index < -0.39 is 6.10 Å². The van der Waals surface area contributed by atoms with Crippen LogP contribution >= 0.6 is 0 Å². The van der Waals surface area contributed by atoms with E-state index in [0.717, 1.165) is 43.1 Å². The van der Waals surface area contributed by atoms with Crippen molar-refractivity contribution in [1.82, 2.24) is 0 Å². The first-order chi connectivity index (χ1) is 14.0. The minimum Gasteiger partial charge on any atom is -0.491 e. The van der Waals surface area contributed by atoms with Gasteiger partial charge in [0.15, 0.2) is 0 Å². The maximum Gasteiger partial charge on any atom is 0.146 e. The van der Waals surface area contributed by atoms with Crippen LogP contribution in [-0.2, 0) is 4.74 Å². The number of rotatable bonds is 9. The van der Waals surface area contributed by atoms with Crippen molar-refractivity contribution in [3.05, 3.63) is 59.4 Å². The van der Waals surface area contributed by atoms with E-state index in [0.29, 0.717) is 32.1 Å². The number of aryl methyl sites for hydroxylation is 2. The van der Waals surface area contributed by atoms with Gasteiger partial charge in [0, 0.05) is 0 Å². The van der Waals surface area contributed by atoms with Gasteiger partial charge in [-0.3, -0.25) is 0 Å². The molecule has 0 bridgehead atoms. The standard InChI is InChI=1S/C23H31FN2O3/c1-18-6-5-7-19(2)23(18)29-15-14-28-17-20(27)16-25-10-12-26(13-11-25)22-9-4-3-8-21(22)24/h3-9,20,27H,10-17H2,1-2H3/p+1/t20-/m1/s1. The summed E-state index contributed by atoms with van der Waals surface area (Å²) in [6, 6.07) is 13.0. The molecule has 2 N–H and O–H groups in total. The number of benzene rings is 2. The lowest BCUT2D eigenvalue weighted by molar-refractivity contribution is -0.903. The summed E-state index contributed by atoms with van der Waals surface area (Å²) in [4.78, 5) is 3.40. The Hall–Kier alpha value is -2.15. The van der Waals surface area contributed by atoms with E-state index in [1.165, 1.54) is 11.0 Å². The molecule has 0 aliphatic carbocycles. The summed E-state index contributed by atoms with van der Waals surface area (Å²) in [6.45, 7) is 9.24. The third kappa shape index (κ3) is 6.16. The highest BCUT2D eigenvalue weighted by Gasteiger charge is 2.23. The smallest absolute Gasteiger partial charge is 0.146 e. The molecule has 1 aliphatic heterocycles. The summed E-state index contributed by atoms with van der Waals surface area (Å²) in [5.74, 6) is 0.737. The third-order valence-electron chi connectivity index (χ3n) is 5.38. The van der Waals surface area contributed by atoms with Crippen LogP contribution in [-0.4, -0.2) is 63.8 Å². The SMILES string of the molecule is Cc1cccc(C)c1OCCOC[C@H](O)C[NH+]1CCN(c2ccccc2F)CC1. The lowest BCUT2D eigenvalue weighted by atomic mass is 10.1. The lowest BCUT2D eigenvalue weighted by Crippen LogP contribution is -3.16. The number of para-hydroxylation sites is 2. The van der Waals surface area contributed by atoms with Gasteiger partial charge in [-0.05, 0) is 37.1 Å². The number of nitrogens with one attached hydrogen (secondary N) is 1. The van der Waals surface area contributed by atoms with Gasteiger partial charge in [0.05, 0.1) is 45.1 Å². The van der Waals surface area contributed by atoms with Crippen molar-refractivity contribution in [3.8, 4) is 5.75 Å². The Morgan fingerprint density at radius 3 is 2.41 bits per heavy atom. The van der Waals surface area contributed by atoms with Crippen LogP contribution in [0.25, 0.3) is 0 Å². The van der Waals surface area contributed by atoms with Gasteiger partial charge >= 0.3 is 0 Å². The Bertz CT molecular complexity index is 758. The van der Waals surface area contributed by atoms with E-state index in [2.05, 4.69) is 4.90 Å². The monoisotopic (exact) mass is 403 g/mol. The van der Waals surface area contributed by atoms with Crippen molar-refractivity contribution < 1.29 is 23.9 Å². The normalized spacial score (nSPS) is 16.1. The fourth-order valence-electron chi connectivity index (χ4n) is 3.82. The average Bonchev–Trinajstić information content (AvgIpc) is 2.71. The van der Waals surface area contributed by atoms with Gasteiger partial charge in [0.2, 0.25) is 0 Å². The summed E-state index contributed by atoms with van der Waals surface area (Å²) < 4.78 is 25.3. The van der Waals surface area contributed by atoms with Gasteiger partial charge in [-0.15, -0.1) is 0 Å². The van der Waals surface area contributed by atoms with Crippen LogP contribution in [0.3, 0.4) is 0 Å².